The van der Waals surface area contributed by atoms with Crippen LogP contribution in [0, 0.1) is 0 Å². The van der Waals surface area contributed by atoms with E-state index in [4.69, 9.17) is 14.6 Å². The Morgan fingerprint density at radius 1 is 1.45 bits per heavy atom. The molecule has 0 bridgehead atoms. The molecule has 2 N–H and O–H groups in total. The highest BCUT2D eigenvalue weighted by molar-refractivity contribution is 5.88. The fourth-order valence-corrected chi connectivity index (χ4v) is 1.95. The van der Waals surface area contributed by atoms with Gasteiger partial charge < -0.3 is 19.9 Å². The minimum absolute atomic E-state index is 0.0919. The third-order valence-electron chi connectivity index (χ3n) is 3.00. The summed E-state index contributed by atoms with van der Waals surface area (Å²) >= 11 is 0. The molecule has 108 valence electrons. The molecule has 1 atom stereocenters. The second-order valence-electron chi connectivity index (χ2n) is 4.56. The number of amides is 1. The predicted octanol–water partition coefficient (Wildman–Crippen LogP) is 1.06. The Bertz CT molecular complexity index is 482. The topological polar surface area (TPSA) is 84.9 Å². The van der Waals surface area contributed by atoms with Crippen molar-refractivity contribution in [2.75, 3.05) is 19.8 Å². The third-order valence-corrected chi connectivity index (χ3v) is 3.00. The lowest BCUT2D eigenvalue weighted by atomic mass is 10.2. The number of nitrogens with one attached hydrogen (secondary N) is 1. The van der Waals surface area contributed by atoms with Crippen LogP contribution in [0.3, 0.4) is 0 Å². The van der Waals surface area contributed by atoms with Crippen molar-refractivity contribution in [2.45, 2.75) is 18.9 Å². The van der Waals surface area contributed by atoms with E-state index in [-0.39, 0.29) is 24.2 Å². The van der Waals surface area contributed by atoms with Gasteiger partial charge in [-0.15, -0.1) is 0 Å². The minimum Gasteiger partial charge on any atom is -0.484 e. The number of hydrogen-bond acceptors (Lipinski definition) is 4. The summed E-state index contributed by atoms with van der Waals surface area (Å²) in [6, 6.07) is 6.03. The Kier molecular flexibility index (Phi) is 4.95. The predicted molar refractivity (Wildman–Crippen MR) is 70.9 cm³/mol. The molecule has 6 heteroatoms. The highest BCUT2D eigenvalue weighted by Crippen LogP contribution is 2.13. The summed E-state index contributed by atoms with van der Waals surface area (Å²) < 4.78 is 10.6. The molecular weight excluding hydrogens is 262 g/mol. The highest BCUT2D eigenvalue weighted by Gasteiger charge is 2.16. The van der Waals surface area contributed by atoms with Crippen molar-refractivity contribution in [3.8, 4) is 5.75 Å². The second kappa shape index (κ2) is 6.91. The van der Waals surface area contributed by atoms with Gasteiger partial charge >= 0.3 is 5.97 Å². The fraction of sp³-hybridized carbons (Fsp3) is 0.429. The van der Waals surface area contributed by atoms with Crippen LogP contribution < -0.4 is 10.1 Å². The molecule has 1 saturated heterocycles. The molecule has 6 nitrogen and oxygen atoms in total. The van der Waals surface area contributed by atoms with Crippen LogP contribution in [0.4, 0.5) is 0 Å². The van der Waals surface area contributed by atoms with Gasteiger partial charge in [-0.2, -0.15) is 0 Å². The first-order valence-electron chi connectivity index (χ1n) is 6.49. The summed E-state index contributed by atoms with van der Waals surface area (Å²) in [5.74, 6) is -0.920. The number of carbonyl (C=O) groups is 2. The SMILES string of the molecule is O=C(COc1cccc(C(=O)O)c1)NCC1CCCO1. The van der Waals surface area contributed by atoms with Crippen LogP contribution in [0.25, 0.3) is 0 Å². The Morgan fingerprint density at radius 3 is 3.00 bits per heavy atom. The van der Waals surface area contributed by atoms with Crippen molar-refractivity contribution in [3.63, 3.8) is 0 Å². The fourth-order valence-electron chi connectivity index (χ4n) is 1.95. The average Bonchev–Trinajstić information content (AvgIpc) is 2.96. The Hall–Kier alpha value is -2.08. The van der Waals surface area contributed by atoms with Crippen LogP contribution in [-0.4, -0.2) is 42.8 Å². The van der Waals surface area contributed by atoms with Gasteiger partial charge in [0.25, 0.3) is 5.91 Å². The molecule has 1 aliphatic heterocycles. The van der Waals surface area contributed by atoms with Crippen molar-refractivity contribution in [1.29, 1.82) is 0 Å². The zero-order valence-corrected chi connectivity index (χ0v) is 11.0. The lowest BCUT2D eigenvalue weighted by molar-refractivity contribution is -0.123. The first kappa shape index (κ1) is 14.3. The van der Waals surface area contributed by atoms with E-state index in [9.17, 15) is 9.59 Å². The Morgan fingerprint density at radius 2 is 2.30 bits per heavy atom. The van der Waals surface area contributed by atoms with Crippen molar-refractivity contribution < 1.29 is 24.2 Å². The summed E-state index contributed by atoms with van der Waals surface area (Å²) in [7, 11) is 0. The number of carboxylic acids is 1. The van der Waals surface area contributed by atoms with E-state index in [0.29, 0.717) is 12.3 Å². The monoisotopic (exact) mass is 279 g/mol. The van der Waals surface area contributed by atoms with Gasteiger partial charge in [-0.3, -0.25) is 4.79 Å². The van der Waals surface area contributed by atoms with Gasteiger partial charge in [-0.05, 0) is 31.0 Å². The van der Waals surface area contributed by atoms with E-state index in [2.05, 4.69) is 5.32 Å². The molecule has 0 aliphatic carbocycles. The van der Waals surface area contributed by atoms with E-state index in [1.54, 1.807) is 12.1 Å². The van der Waals surface area contributed by atoms with Gasteiger partial charge in [-0.25, -0.2) is 4.79 Å². The number of benzene rings is 1. The molecule has 1 heterocycles. The van der Waals surface area contributed by atoms with E-state index in [1.165, 1.54) is 12.1 Å². The Labute approximate surface area is 116 Å². The smallest absolute Gasteiger partial charge is 0.335 e. The van der Waals surface area contributed by atoms with Crippen molar-refractivity contribution in [1.82, 2.24) is 5.32 Å². The summed E-state index contributed by atoms with van der Waals surface area (Å²) in [6.45, 7) is 1.09. The van der Waals surface area contributed by atoms with Crippen molar-refractivity contribution >= 4 is 11.9 Å². The van der Waals surface area contributed by atoms with E-state index in [1.807, 2.05) is 0 Å². The van der Waals surface area contributed by atoms with Crippen LogP contribution >= 0.6 is 0 Å². The maximum Gasteiger partial charge on any atom is 0.335 e. The van der Waals surface area contributed by atoms with Gasteiger partial charge in [0, 0.05) is 13.2 Å². The van der Waals surface area contributed by atoms with Gasteiger partial charge in [0.2, 0.25) is 0 Å². The number of hydrogen-bond donors (Lipinski definition) is 2. The Balaban J connectivity index is 1.75. The first-order valence-corrected chi connectivity index (χ1v) is 6.49. The number of aromatic carboxylic acids is 1. The summed E-state index contributed by atoms with van der Waals surface area (Å²) in [5.41, 5.74) is 0.127. The first-order chi connectivity index (χ1) is 9.65. The van der Waals surface area contributed by atoms with Gasteiger partial charge in [-0.1, -0.05) is 6.07 Å². The van der Waals surface area contributed by atoms with Gasteiger partial charge in [0.1, 0.15) is 5.75 Å². The van der Waals surface area contributed by atoms with E-state index < -0.39 is 5.97 Å². The number of carboxylic acid groups (broad SMARTS) is 1. The largest absolute Gasteiger partial charge is 0.484 e. The molecule has 0 radical (unpaired) electrons. The molecule has 0 saturated carbocycles. The van der Waals surface area contributed by atoms with Crippen molar-refractivity contribution in [2.24, 2.45) is 0 Å². The minimum atomic E-state index is -1.03. The maximum atomic E-state index is 11.6. The molecule has 1 aliphatic rings. The van der Waals surface area contributed by atoms with Crippen LogP contribution in [0.1, 0.15) is 23.2 Å². The maximum absolute atomic E-state index is 11.6. The van der Waals surface area contributed by atoms with Crippen LogP contribution in [-0.2, 0) is 9.53 Å². The summed E-state index contributed by atoms with van der Waals surface area (Å²) in [5, 5.41) is 11.6. The molecule has 2 rings (SSSR count). The third kappa shape index (κ3) is 4.24. The lowest BCUT2D eigenvalue weighted by Gasteiger charge is -2.11. The molecule has 1 aromatic rings. The van der Waals surface area contributed by atoms with Crippen LogP contribution in [0.5, 0.6) is 5.75 Å². The average molecular weight is 279 g/mol. The zero-order valence-electron chi connectivity index (χ0n) is 11.0. The quantitative estimate of drug-likeness (QED) is 0.813. The van der Waals surface area contributed by atoms with Crippen LogP contribution in [0.2, 0.25) is 0 Å². The molecular formula is C14H17NO5. The van der Waals surface area contributed by atoms with Crippen molar-refractivity contribution in [3.05, 3.63) is 29.8 Å². The molecule has 1 aromatic carbocycles. The van der Waals surface area contributed by atoms with Gasteiger partial charge in [0.15, 0.2) is 6.61 Å². The zero-order chi connectivity index (χ0) is 14.4. The molecule has 1 unspecified atom stereocenters. The normalized spacial score (nSPS) is 17.7. The van der Waals surface area contributed by atoms with E-state index in [0.717, 1.165) is 19.4 Å². The molecule has 1 fully saturated rings. The molecule has 1 amide bonds. The van der Waals surface area contributed by atoms with E-state index >= 15 is 0 Å². The highest BCUT2D eigenvalue weighted by atomic mass is 16.5. The number of rotatable bonds is 6. The summed E-state index contributed by atoms with van der Waals surface area (Å²) in [6.07, 6.45) is 2.08. The number of carbonyl (C=O) groups excluding carboxylic acids is 1. The van der Waals surface area contributed by atoms with Gasteiger partial charge in [0.05, 0.1) is 11.7 Å². The standard InChI is InChI=1S/C14H17NO5/c16-13(15-8-12-5-2-6-19-12)9-20-11-4-1-3-10(7-11)14(17)18/h1,3-4,7,12H,2,5-6,8-9H2,(H,15,16)(H,17,18). The molecule has 20 heavy (non-hydrogen) atoms. The molecule has 0 spiro atoms. The summed E-state index contributed by atoms with van der Waals surface area (Å²) in [4.78, 5) is 22.4. The second-order valence-corrected chi connectivity index (χ2v) is 4.56. The lowest BCUT2D eigenvalue weighted by Crippen LogP contribution is -2.35. The van der Waals surface area contributed by atoms with Crippen LogP contribution in [0.15, 0.2) is 24.3 Å². The molecule has 0 aromatic heterocycles. The number of ether oxygens (including phenoxy) is 2.